The topological polar surface area (TPSA) is 96.0 Å². The van der Waals surface area contributed by atoms with Gasteiger partial charge in [0.2, 0.25) is 11.8 Å². The summed E-state index contributed by atoms with van der Waals surface area (Å²) < 4.78 is 35.8. The summed E-state index contributed by atoms with van der Waals surface area (Å²) in [6.07, 6.45) is 4.14. The Bertz CT molecular complexity index is 2000. The summed E-state index contributed by atoms with van der Waals surface area (Å²) >= 11 is 0. The third-order valence-electron chi connectivity index (χ3n) is 9.12. The number of hydrogen-bond acceptors (Lipinski definition) is 5. The molecule has 51 heavy (non-hydrogen) atoms. The van der Waals surface area contributed by atoms with Crippen molar-refractivity contribution in [2.24, 2.45) is 0 Å². The van der Waals surface area contributed by atoms with Gasteiger partial charge in [0.1, 0.15) is 24.1 Å². The molecular formula is C42H43N3O5S. The summed E-state index contributed by atoms with van der Waals surface area (Å²) in [7, 11) is -4.21. The van der Waals surface area contributed by atoms with Crippen LogP contribution in [0.15, 0.2) is 144 Å². The third-order valence-corrected chi connectivity index (χ3v) is 10.9. The summed E-state index contributed by atoms with van der Waals surface area (Å²) in [6, 6.07) is 40.5. The van der Waals surface area contributed by atoms with E-state index in [1.165, 1.54) is 12.1 Å². The fourth-order valence-electron chi connectivity index (χ4n) is 6.48. The monoisotopic (exact) mass is 701 g/mol. The number of hydrogen-bond donors (Lipinski definition) is 1. The zero-order valence-electron chi connectivity index (χ0n) is 28.7. The Balaban J connectivity index is 1.38. The molecule has 0 spiro atoms. The molecule has 1 fully saturated rings. The van der Waals surface area contributed by atoms with Crippen LogP contribution in [0.25, 0.3) is 0 Å². The quantitative estimate of drug-likeness (QED) is 0.128. The van der Waals surface area contributed by atoms with Crippen molar-refractivity contribution in [2.45, 2.75) is 62.6 Å². The lowest BCUT2D eigenvalue weighted by Gasteiger charge is -2.34. The molecule has 1 aliphatic rings. The number of benzene rings is 5. The van der Waals surface area contributed by atoms with Gasteiger partial charge in [-0.15, -0.1) is 0 Å². The van der Waals surface area contributed by atoms with E-state index >= 15 is 0 Å². The van der Waals surface area contributed by atoms with Crippen LogP contribution in [0.2, 0.25) is 0 Å². The number of para-hydroxylation sites is 1. The molecule has 2 amide bonds. The average Bonchev–Trinajstić information content (AvgIpc) is 3.66. The maximum absolute atomic E-state index is 14.8. The van der Waals surface area contributed by atoms with Crippen molar-refractivity contribution < 1.29 is 22.7 Å². The van der Waals surface area contributed by atoms with Crippen LogP contribution in [0.3, 0.4) is 0 Å². The minimum absolute atomic E-state index is 0.0401. The Hall–Kier alpha value is -5.41. The highest BCUT2D eigenvalue weighted by Crippen LogP contribution is 2.29. The third kappa shape index (κ3) is 9.23. The number of rotatable bonds is 14. The molecule has 0 heterocycles. The number of carbonyl (C=O) groups excluding carboxylic acids is 2. The smallest absolute Gasteiger partial charge is 0.264 e. The van der Waals surface area contributed by atoms with E-state index in [1.54, 1.807) is 47.4 Å². The summed E-state index contributed by atoms with van der Waals surface area (Å²) in [5, 5.41) is 3.22. The predicted molar refractivity (Wildman–Crippen MR) is 200 cm³/mol. The first kappa shape index (κ1) is 35.4. The van der Waals surface area contributed by atoms with E-state index in [0.29, 0.717) is 11.5 Å². The molecule has 1 saturated carbocycles. The van der Waals surface area contributed by atoms with Gasteiger partial charge < -0.3 is 15.0 Å². The van der Waals surface area contributed by atoms with Crippen LogP contribution in [-0.2, 0) is 32.6 Å². The zero-order valence-corrected chi connectivity index (χ0v) is 29.5. The van der Waals surface area contributed by atoms with E-state index in [0.717, 1.165) is 46.7 Å². The fourth-order valence-corrected chi connectivity index (χ4v) is 7.92. The first-order chi connectivity index (χ1) is 24.8. The lowest BCUT2D eigenvalue weighted by atomic mass is 10.0. The van der Waals surface area contributed by atoms with Gasteiger partial charge >= 0.3 is 0 Å². The number of ether oxygens (including phenoxy) is 1. The van der Waals surface area contributed by atoms with Gasteiger partial charge in [-0.1, -0.05) is 109 Å². The molecule has 8 nitrogen and oxygen atoms in total. The van der Waals surface area contributed by atoms with Gasteiger partial charge in [0.25, 0.3) is 10.0 Å². The first-order valence-corrected chi connectivity index (χ1v) is 18.8. The molecule has 0 unspecified atom stereocenters. The number of nitrogens with one attached hydrogen (secondary N) is 1. The fraction of sp³-hybridized carbons (Fsp3) is 0.238. The molecule has 0 radical (unpaired) electrons. The van der Waals surface area contributed by atoms with Crippen molar-refractivity contribution in [1.82, 2.24) is 10.2 Å². The largest absolute Gasteiger partial charge is 0.457 e. The maximum atomic E-state index is 14.8. The molecule has 5 aromatic rings. The second-order valence-electron chi connectivity index (χ2n) is 12.9. The number of amides is 2. The Morgan fingerprint density at radius 3 is 1.98 bits per heavy atom. The number of aryl methyl sites for hydroxylation is 1. The van der Waals surface area contributed by atoms with Crippen LogP contribution in [0, 0.1) is 6.92 Å². The summed E-state index contributed by atoms with van der Waals surface area (Å²) in [5.41, 5.74) is 3.04. The average molecular weight is 702 g/mol. The molecule has 0 bridgehead atoms. The Morgan fingerprint density at radius 2 is 1.33 bits per heavy atom. The van der Waals surface area contributed by atoms with Crippen molar-refractivity contribution in [3.05, 3.63) is 156 Å². The van der Waals surface area contributed by atoms with E-state index in [2.05, 4.69) is 5.32 Å². The zero-order chi connectivity index (χ0) is 35.6. The second-order valence-corrected chi connectivity index (χ2v) is 14.8. The van der Waals surface area contributed by atoms with E-state index in [4.69, 9.17) is 4.74 Å². The number of nitrogens with zero attached hydrogens (tertiary/aromatic N) is 2. The molecule has 1 atom stereocenters. The van der Waals surface area contributed by atoms with Gasteiger partial charge in [0, 0.05) is 19.0 Å². The Morgan fingerprint density at radius 1 is 0.745 bits per heavy atom. The Kier molecular flexibility index (Phi) is 11.5. The molecule has 1 N–H and O–H groups in total. The van der Waals surface area contributed by atoms with Crippen molar-refractivity contribution in [1.29, 1.82) is 0 Å². The van der Waals surface area contributed by atoms with Crippen molar-refractivity contribution in [3.63, 3.8) is 0 Å². The van der Waals surface area contributed by atoms with Crippen LogP contribution in [0.5, 0.6) is 11.5 Å². The van der Waals surface area contributed by atoms with E-state index in [9.17, 15) is 18.0 Å². The van der Waals surface area contributed by atoms with Gasteiger partial charge in [-0.05, 0) is 79.4 Å². The van der Waals surface area contributed by atoms with Gasteiger partial charge in [-0.2, -0.15) is 0 Å². The van der Waals surface area contributed by atoms with Gasteiger partial charge in [0.05, 0.1) is 10.6 Å². The van der Waals surface area contributed by atoms with Gasteiger partial charge in [0.15, 0.2) is 0 Å². The van der Waals surface area contributed by atoms with Crippen LogP contribution in [-0.4, -0.2) is 43.8 Å². The molecule has 0 aromatic heterocycles. The standard InChI is InChI=1S/C42H43N3O5S/c1-32-14-13-17-34(28-32)30-44(40(29-33-15-5-2-6-16-33)42(47)43-35-18-11-12-19-35)41(46)31-45(51(48,49)39-22-9-4-10-23-39)36-24-26-38(27-25-36)50-37-20-7-3-8-21-37/h2-10,13-17,20-28,35,40H,11-12,18-19,29-31H2,1H3,(H,43,47)/t40-/m1/s1. The molecular weight excluding hydrogens is 659 g/mol. The van der Waals surface area contributed by atoms with E-state index < -0.39 is 28.5 Å². The van der Waals surface area contributed by atoms with Crippen LogP contribution in [0.1, 0.15) is 42.4 Å². The highest BCUT2D eigenvalue weighted by Gasteiger charge is 2.35. The van der Waals surface area contributed by atoms with Gasteiger partial charge in [-0.3, -0.25) is 13.9 Å². The molecule has 0 saturated heterocycles. The summed E-state index contributed by atoms with van der Waals surface area (Å²) in [6.45, 7) is 1.58. The minimum Gasteiger partial charge on any atom is -0.457 e. The SMILES string of the molecule is Cc1cccc(CN(C(=O)CN(c2ccc(Oc3ccccc3)cc2)S(=O)(=O)c2ccccc2)[C@H](Cc2ccccc2)C(=O)NC2CCCC2)c1. The highest BCUT2D eigenvalue weighted by atomic mass is 32.2. The van der Waals surface area contributed by atoms with Crippen molar-refractivity contribution >= 4 is 27.5 Å². The van der Waals surface area contributed by atoms with Crippen LogP contribution < -0.4 is 14.4 Å². The number of anilines is 1. The molecule has 6 rings (SSSR count). The molecule has 1 aliphatic carbocycles. The molecule has 9 heteroatoms. The normalized spacial score (nSPS) is 13.7. The lowest BCUT2D eigenvalue weighted by molar-refractivity contribution is -0.140. The second kappa shape index (κ2) is 16.5. The molecule has 5 aromatic carbocycles. The van der Waals surface area contributed by atoms with Crippen molar-refractivity contribution in [2.75, 3.05) is 10.8 Å². The number of carbonyl (C=O) groups is 2. The minimum atomic E-state index is -4.21. The molecule has 0 aliphatic heterocycles. The summed E-state index contributed by atoms with van der Waals surface area (Å²) in [4.78, 5) is 30.6. The highest BCUT2D eigenvalue weighted by molar-refractivity contribution is 7.92. The number of sulfonamides is 1. The van der Waals surface area contributed by atoms with Crippen molar-refractivity contribution in [3.8, 4) is 11.5 Å². The Labute approximate surface area is 300 Å². The summed E-state index contributed by atoms with van der Waals surface area (Å²) in [5.74, 6) is 0.414. The lowest BCUT2D eigenvalue weighted by Crippen LogP contribution is -2.54. The van der Waals surface area contributed by atoms with Crippen LogP contribution in [0.4, 0.5) is 5.69 Å². The predicted octanol–water partition coefficient (Wildman–Crippen LogP) is 7.68. The van der Waals surface area contributed by atoms with Gasteiger partial charge in [-0.25, -0.2) is 8.42 Å². The first-order valence-electron chi connectivity index (χ1n) is 17.4. The molecule has 262 valence electrons. The van der Waals surface area contributed by atoms with E-state index in [-0.39, 0.29) is 35.5 Å². The van der Waals surface area contributed by atoms with E-state index in [1.807, 2.05) is 91.9 Å². The van der Waals surface area contributed by atoms with Crippen LogP contribution >= 0.6 is 0 Å². The maximum Gasteiger partial charge on any atom is 0.264 e.